The molecular formula is C9H16N2O. The largest absolute Gasteiger partial charge is 0.446 e. The first-order valence-corrected chi connectivity index (χ1v) is 4.26. The summed E-state index contributed by atoms with van der Waals surface area (Å²) >= 11 is 0. The fourth-order valence-electron chi connectivity index (χ4n) is 1.04. The Balaban J connectivity index is 2.57. The first-order chi connectivity index (χ1) is 5.59. The van der Waals surface area contributed by atoms with E-state index in [4.69, 9.17) is 4.42 Å². The van der Waals surface area contributed by atoms with Crippen LogP contribution in [0, 0.1) is 13.8 Å². The van der Waals surface area contributed by atoms with Gasteiger partial charge in [-0.3, -0.25) is 0 Å². The monoisotopic (exact) mass is 168 g/mol. The minimum atomic E-state index is 0.487. The van der Waals surface area contributed by atoms with Crippen LogP contribution in [0.15, 0.2) is 4.42 Å². The normalized spacial score (nSPS) is 11.1. The Bertz CT molecular complexity index is 253. The smallest absolute Gasteiger partial charge is 0.191 e. The molecule has 3 heteroatoms. The van der Waals surface area contributed by atoms with Crippen molar-refractivity contribution in [3.63, 3.8) is 0 Å². The highest BCUT2D eigenvalue weighted by molar-refractivity contribution is 5.07. The van der Waals surface area contributed by atoms with E-state index in [1.807, 2.05) is 13.8 Å². The van der Waals surface area contributed by atoms with E-state index in [0.29, 0.717) is 6.04 Å². The van der Waals surface area contributed by atoms with Crippen molar-refractivity contribution in [1.29, 1.82) is 0 Å². The standard InChI is InChI=1S/C9H16N2O/c1-6(2)10-5-9-7(3)12-8(4)11-9/h6,10H,5H2,1-4H3. The average molecular weight is 168 g/mol. The van der Waals surface area contributed by atoms with Crippen LogP contribution in [0.5, 0.6) is 0 Å². The van der Waals surface area contributed by atoms with Crippen LogP contribution in [0.1, 0.15) is 31.2 Å². The summed E-state index contributed by atoms with van der Waals surface area (Å²) in [5, 5.41) is 3.29. The Morgan fingerprint density at radius 2 is 2.08 bits per heavy atom. The van der Waals surface area contributed by atoms with Crippen molar-refractivity contribution in [3.8, 4) is 0 Å². The van der Waals surface area contributed by atoms with Crippen molar-refractivity contribution in [3.05, 3.63) is 17.3 Å². The highest BCUT2D eigenvalue weighted by Gasteiger charge is 2.05. The van der Waals surface area contributed by atoms with E-state index in [1.165, 1.54) is 0 Å². The molecular weight excluding hydrogens is 152 g/mol. The van der Waals surface area contributed by atoms with Gasteiger partial charge >= 0.3 is 0 Å². The molecule has 1 N–H and O–H groups in total. The molecule has 0 saturated heterocycles. The number of hydrogen-bond donors (Lipinski definition) is 1. The van der Waals surface area contributed by atoms with Gasteiger partial charge in [-0.25, -0.2) is 4.98 Å². The van der Waals surface area contributed by atoms with Crippen molar-refractivity contribution in [2.24, 2.45) is 0 Å². The highest BCUT2D eigenvalue weighted by atomic mass is 16.4. The van der Waals surface area contributed by atoms with Crippen molar-refractivity contribution in [2.45, 2.75) is 40.3 Å². The zero-order chi connectivity index (χ0) is 9.14. The molecule has 0 aliphatic heterocycles. The number of hydrogen-bond acceptors (Lipinski definition) is 3. The van der Waals surface area contributed by atoms with Crippen LogP contribution in [0.25, 0.3) is 0 Å². The van der Waals surface area contributed by atoms with Gasteiger partial charge in [0.1, 0.15) is 5.76 Å². The summed E-state index contributed by atoms with van der Waals surface area (Å²) in [6, 6.07) is 0.487. The fraction of sp³-hybridized carbons (Fsp3) is 0.667. The van der Waals surface area contributed by atoms with E-state index in [9.17, 15) is 0 Å². The Labute approximate surface area is 73.2 Å². The predicted molar refractivity (Wildman–Crippen MR) is 48.0 cm³/mol. The van der Waals surface area contributed by atoms with Gasteiger partial charge in [-0.15, -0.1) is 0 Å². The summed E-state index contributed by atoms with van der Waals surface area (Å²) in [7, 11) is 0. The SMILES string of the molecule is Cc1nc(CNC(C)C)c(C)o1. The van der Waals surface area contributed by atoms with Crippen LogP contribution in [0.3, 0.4) is 0 Å². The second-order valence-electron chi connectivity index (χ2n) is 3.27. The van der Waals surface area contributed by atoms with Gasteiger partial charge in [0.05, 0.1) is 5.69 Å². The second kappa shape index (κ2) is 3.72. The summed E-state index contributed by atoms with van der Waals surface area (Å²) in [6.07, 6.45) is 0. The third-order valence-electron chi connectivity index (χ3n) is 1.68. The topological polar surface area (TPSA) is 38.1 Å². The van der Waals surface area contributed by atoms with E-state index in [-0.39, 0.29) is 0 Å². The van der Waals surface area contributed by atoms with Gasteiger partial charge < -0.3 is 9.73 Å². The lowest BCUT2D eigenvalue weighted by Crippen LogP contribution is -2.22. The summed E-state index contributed by atoms with van der Waals surface area (Å²) in [4.78, 5) is 4.25. The van der Waals surface area contributed by atoms with E-state index in [0.717, 1.165) is 23.9 Å². The van der Waals surface area contributed by atoms with Gasteiger partial charge in [0.25, 0.3) is 0 Å². The lowest BCUT2D eigenvalue weighted by molar-refractivity contribution is 0.490. The summed E-state index contributed by atoms with van der Waals surface area (Å²) < 4.78 is 5.30. The molecule has 0 atom stereocenters. The van der Waals surface area contributed by atoms with Crippen LogP contribution >= 0.6 is 0 Å². The first-order valence-electron chi connectivity index (χ1n) is 4.26. The molecule has 3 nitrogen and oxygen atoms in total. The first kappa shape index (κ1) is 9.26. The van der Waals surface area contributed by atoms with Crippen LogP contribution in [0.4, 0.5) is 0 Å². The number of aryl methyl sites for hydroxylation is 2. The summed E-state index contributed by atoms with van der Waals surface area (Å²) in [6.45, 7) is 8.83. The van der Waals surface area contributed by atoms with Crippen LogP contribution in [-0.2, 0) is 6.54 Å². The molecule has 0 saturated carbocycles. The maximum atomic E-state index is 5.30. The fourth-order valence-corrected chi connectivity index (χ4v) is 1.04. The number of aromatic nitrogens is 1. The Morgan fingerprint density at radius 1 is 1.42 bits per heavy atom. The molecule has 68 valence electrons. The number of rotatable bonds is 3. The molecule has 0 unspecified atom stereocenters. The number of nitrogens with one attached hydrogen (secondary N) is 1. The lowest BCUT2D eigenvalue weighted by Gasteiger charge is -2.04. The number of nitrogens with zero attached hydrogens (tertiary/aromatic N) is 1. The lowest BCUT2D eigenvalue weighted by atomic mass is 10.3. The van der Waals surface area contributed by atoms with Gasteiger partial charge in [-0.1, -0.05) is 13.8 Å². The minimum absolute atomic E-state index is 0.487. The summed E-state index contributed by atoms with van der Waals surface area (Å²) in [5.41, 5.74) is 1.02. The maximum Gasteiger partial charge on any atom is 0.191 e. The quantitative estimate of drug-likeness (QED) is 0.747. The minimum Gasteiger partial charge on any atom is -0.446 e. The molecule has 0 amide bonds. The van der Waals surface area contributed by atoms with Gasteiger partial charge in [-0.05, 0) is 6.92 Å². The maximum absolute atomic E-state index is 5.30. The number of oxazole rings is 1. The third-order valence-corrected chi connectivity index (χ3v) is 1.68. The van der Waals surface area contributed by atoms with Crippen molar-refractivity contribution in [1.82, 2.24) is 10.3 Å². The highest BCUT2D eigenvalue weighted by Crippen LogP contribution is 2.08. The van der Waals surface area contributed by atoms with E-state index < -0.39 is 0 Å². The predicted octanol–water partition coefficient (Wildman–Crippen LogP) is 1.79. The van der Waals surface area contributed by atoms with Crippen LogP contribution in [-0.4, -0.2) is 11.0 Å². The zero-order valence-corrected chi connectivity index (χ0v) is 8.14. The van der Waals surface area contributed by atoms with Crippen LogP contribution < -0.4 is 5.32 Å². The van der Waals surface area contributed by atoms with E-state index in [2.05, 4.69) is 24.1 Å². The van der Waals surface area contributed by atoms with Crippen molar-refractivity contribution >= 4 is 0 Å². The molecule has 1 aromatic heterocycles. The second-order valence-corrected chi connectivity index (χ2v) is 3.27. The molecule has 12 heavy (non-hydrogen) atoms. The third kappa shape index (κ3) is 2.34. The van der Waals surface area contributed by atoms with E-state index in [1.54, 1.807) is 0 Å². The van der Waals surface area contributed by atoms with Crippen LogP contribution in [0.2, 0.25) is 0 Å². The molecule has 0 spiro atoms. The molecule has 0 bridgehead atoms. The molecule has 1 rings (SSSR count). The molecule has 0 aliphatic carbocycles. The van der Waals surface area contributed by atoms with Gasteiger partial charge in [0, 0.05) is 19.5 Å². The van der Waals surface area contributed by atoms with Crippen molar-refractivity contribution < 1.29 is 4.42 Å². The van der Waals surface area contributed by atoms with Gasteiger partial charge in [-0.2, -0.15) is 0 Å². The molecule has 0 aromatic carbocycles. The van der Waals surface area contributed by atoms with Gasteiger partial charge in [0.15, 0.2) is 5.89 Å². The van der Waals surface area contributed by atoms with Crippen molar-refractivity contribution in [2.75, 3.05) is 0 Å². The zero-order valence-electron chi connectivity index (χ0n) is 8.14. The van der Waals surface area contributed by atoms with Gasteiger partial charge in [0.2, 0.25) is 0 Å². The molecule has 0 radical (unpaired) electrons. The molecule has 0 fully saturated rings. The Morgan fingerprint density at radius 3 is 2.50 bits per heavy atom. The Hall–Kier alpha value is -0.830. The van der Waals surface area contributed by atoms with E-state index >= 15 is 0 Å². The average Bonchev–Trinajstić information content (AvgIpc) is 2.26. The summed E-state index contributed by atoms with van der Waals surface area (Å²) in [5.74, 6) is 1.66. The Kier molecular flexibility index (Phi) is 2.87. The molecule has 1 heterocycles. The molecule has 1 aromatic rings. The molecule has 0 aliphatic rings.